The van der Waals surface area contributed by atoms with Gasteiger partial charge < -0.3 is 15.8 Å². The number of nitrogen functional groups attached to an aromatic ring is 1. The number of esters is 1. The van der Waals surface area contributed by atoms with Gasteiger partial charge in [0, 0.05) is 17.8 Å². The third kappa shape index (κ3) is 6.04. The monoisotopic (exact) mass is 276 g/mol. The van der Waals surface area contributed by atoms with Gasteiger partial charge in [-0.2, -0.15) is 0 Å². The highest BCUT2D eigenvalue weighted by Crippen LogP contribution is 2.06. The number of nitrogens with one attached hydrogen (secondary N) is 1. The maximum Gasteiger partial charge on any atom is 0.333 e. The minimum absolute atomic E-state index is 0.0816. The van der Waals surface area contributed by atoms with E-state index >= 15 is 0 Å². The van der Waals surface area contributed by atoms with Gasteiger partial charge in [0.05, 0.1) is 13.0 Å². The van der Waals surface area contributed by atoms with E-state index < -0.39 is 5.97 Å². The average Bonchev–Trinajstić information content (AvgIpc) is 2.37. The number of carbonyl (C=O) groups is 2. The molecule has 0 aromatic heterocycles. The summed E-state index contributed by atoms with van der Waals surface area (Å²) < 4.78 is 4.91. The van der Waals surface area contributed by atoms with Gasteiger partial charge in [-0.25, -0.2) is 4.79 Å². The van der Waals surface area contributed by atoms with E-state index in [0.717, 1.165) is 5.56 Å². The van der Waals surface area contributed by atoms with Gasteiger partial charge in [-0.05, 0) is 31.0 Å². The maximum absolute atomic E-state index is 11.7. The summed E-state index contributed by atoms with van der Waals surface area (Å²) in [5, 5.41) is 2.76. The van der Waals surface area contributed by atoms with Crippen LogP contribution in [-0.2, 0) is 20.7 Å². The van der Waals surface area contributed by atoms with Crippen molar-refractivity contribution in [1.29, 1.82) is 0 Å². The summed E-state index contributed by atoms with van der Waals surface area (Å²) >= 11 is 0. The van der Waals surface area contributed by atoms with Gasteiger partial charge in [-0.15, -0.1) is 0 Å². The number of hydrogen-bond acceptors (Lipinski definition) is 4. The third-order valence-electron chi connectivity index (χ3n) is 2.54. The second kappa shape index (κ2) is 7.99. The predicted octanol–water partition coefficient (Wildman–Crippen LogP) is 1.44. The topological polar surface area (TPSA) is 81.4 Å². The molecule has 0 saturated heterocycles. The van der Waals surface area contributed by atoms with Crippen LogP contribution in [0, 0.1) is 0 Å². The Morgan fingerprint density at radius 3 is 2.80 bits per heavy atom. The Morgan fingerprint density at radius 2 is 2.15 bits per heavy atom. The molecule has 0 aliphatic heterocycles. The van der Waals surface area contributed by atoms with Gasteiger partial charge >= 0.3 is 5.97 Å². The second-order valence-electron chi connectivity index (χ2n) is 4.54. The zero-order valence-corrected chi connectivity index (χ0v) is 11.6. The van der Waals surface area contributed by atoms with Gasteiger partial charge in [0.1, 0.15) is 0 Å². The van der Waals surface area contributed by atoms with Crippen molar-refractivity contribution in [2.45, 2.75) is 19.8 Å². The summed E-state index contributed by atoms with van der Waals surface area (Å²) in [6.07, 6.45) is 0.859. The summed E-state index contributed by atoms with van der Waals surface area (Å²) in [5.74, 6) is -0.488. The summed E-state index contributed by atoms with van der Waals surface area (Å²) in [7, 11) is 0. The Hall–Kier alpha value is -2.30. The highest BCUT2D eigenvalue weighted by Gasteiger charge is 2.04. The lowest BCUT2D eigenvalue weighted by Crippen LogP contribution is -2.27. The van der Waals surface area contributed by atoms with Crippen LogP contribution in [0.5, 0.6) is 0 Å². The molecule has 1 rings (SSSR count). The second-order valence-corrected chi connectivity index (χ2v) is 4.54. The van der Waals surface area contributed by atoms with E-state index in [0.29, 0.717) is 24.2 Å². The SMILES string of the molecule is C=C(C)C(=O)OCCCNC(=O)Cc1cccc(N)c1. The first-order chi connectivity index (χ1) is 9.49. The van der Waals surface area contributed by atoms with Crippen molar-refractivity contribution in [1.82, 2.24) is 5.32 Å². The van der Waals surface area contributed by atoms with Crippen LogP contribution in [0.4, 0.5) is 5.69 Å². The molecule has 3 N–H and O–H groups in total. The normalized spacial score (nSPS) is 9.85. The smallest absolute Gasteiger partial charge is 0.333 e. The molecule has 0 saturated carbocycles. The largest absolute Gasteiger partial charge is 0.462 e. The molecule has 5 nitrogen and oxygen atoms in total. The lowest BCUT2D eigenvalue weighted by atomic mass is 10.1. The van der Waals surface area contributed by atoms with Crippen molar-refractivity contribution >= 4 is 17.6 Å². The van der Waals surface area contributed by atoms with Gasteiger partial charge in [-0.1, -0.05) is 18.7 Å². The minimum atomic E-state index is -0.406. The number of nitrogens with two attached hydrogens (primary N) is 1. The first-order valence-electron chi connectivity index (χ1n) is 6.43. The molecule has 0 spiro atoms. The van der Waals surface area contributed by atoms with Gasteiger partial charge in [0.2, 0.25) is 5.91 Å². The van der Waals surface area contributed by atoms with E-state index in [4.69, 9.17) is 10.5 Å². The average molecular weight is 276 g/mol. The molecule has 0 unspecified atom stereocenters. The predicted molar refractivity (Wildman–Crippen MR) is 78.0 cm³/mol. The Kier molecular flexibility index (Phi) is 6.29. The molecule has 20 heavy (non-hydrogen) atoms. The molecule has 1 amide bonds. The highest BCUT2D eigenvalue weighted by molar-refractivity contribution is 5.86. The van der Waals surface area contributed by atoms with Crippen LogP contribution in [-0.4, -0.2) is 25.0 Å². The summed E-state index contributed by atoms with van der Waals surface area (Å²) in [6, 6.07) is 7.21. The lowest BCUT2D eigenvalue weighted by molar-refractivity contribution is -0.138. The van der Waals surface area contributed by atoms with Crippen molar-refractivity contribution in [3.8, 4) is 0 Å². The van der Waals surface area contributed by atoms with Crippen LogP contribution in [0.3, 0.4) is 0 Å². The van der Waals surface area contributed by atoms with Crippen LogP contribution < -0.4 is 11.1 Å². The van der Waals surface area contributed by atoms with Crippen LogP contribution in [0.2, 0.25) is 0 Å². The van der Waals surface area contributed by atoms with Crippen LogP contribution in [0.15, 0.2) is 36.4 Å². The molecule has 1 aromatic rings. The first kappa shape index (κ1) is 15.8. The van der Waals surface area contributed by atoms with Crippen LogP contribution in [0.1, 0.15) is 18.9 Å². The maximum atomic E-state index is 11.7. The molecular weight excluding hydrogens is 256 g/mol. The number of carbonyl (C=O) groups excluding carboxylic acids is 2. The van der Waals surface area contributed by atoms with Gasteiger partial charge in [0.25, 0.3) is 0 Å². The van der Waals surface area contributed by atoms with Crippen molar-refractivity contribution in [2.75, 3.05) is 18.9 Å². The molecule has 0 radical (unpaired) electrons. The Morgan fingerprint density at radius 1 is 1.40 bits per heavy atom. The van der Waals surface area contributed by atoms with Crippen LogP contribution in [0.25, 0.3) is 0 Å². The van der Waals surface area contributed by atoms with Crippen molar-refractivity contribution in [2.24, 2.45) is 0 Å². The molecule has 0 fully saturated rings. The van der Waals surface area contributed by atoms with E-state index in [1.807, 2.05) is 12.1 Å². The van der Waals surface area contributed by atoms with E-state index in [-0.39, 0.29) is 18.9 Å². The zero-order valence-electron chi connectivity index (χ0n) is 11.6. The van der Waals surface area contributed by atoms with E-state index in [1.54, 1.807) is 19.1 Å². The van der Waals surface area contributed by atoms with Crippen molar-refractivity contribution in [3.63, 3.8) is 0 Å². The van der Waals surface area contributed by atoms with E-state index in [2.05, 4.69) is 11.9 Å². The van der Waals surface area contributed by atoms with Crippen molar-refractivity contribution < 1.29 is 14.3 Å². The zero-order chi connectivity index (χ0) is 15.0. The Balaban J connectivity index is 2.18. The molecule has 5 heteroatoms. The fraction of sp³-hybridized carbons (Fsp3) is 0.333. The molecule has 0 atom stereocenters. The molecule has 1 aromatic carbocycles. The molecule has 0 aliphatic carbocycles. The first-order valence-corrected chi connectivity index (χ1v) is 6.43. The Labute approximate surface area is 118 Å². The quantitative estimate of drug-likeness (QED) is 0.342. The number of ether oxygens (including phenoxy) is 1. The minimum Gasteiger partial charge on any atom is -0.462 e. The molecule has 0 bridgehead atoms. The third-order valence-corrected chi connectivity index (χ3v) is 2.54. The van der Waals surface area contributed by atoms with Gasteiger partial charge in [-0.3, -0.25) is 4.79 Å². The molecule has 0 aliphatic rings. The van der Waals surface area contributed by atoms with Crippen LogP contribution >= 0.6 is 0 Å². The summed E-state index contributed by atoms with van der Waals surface area (Å²) in [6.45, 7) is 5.81. The highest BCUT2D eigenvalue weighted by atomic mass is 16.5. The fourth-order valence-electron chi connectivity index (χ4n) is 1.54. The fourth-order valence-corrected chi connectivity index (χ4v) is 1.54. The lowest BCUT2D eigenvalue weighted by Gasteiger charge is -2.07. The summed E-state index contributed by atoms with van der Waals surface area (Å²) in [5.41, 5.74) is 7.52. The Bertz CT molecular complexity index is 498. The van der Waals surface area contributed by atoms with Crippen molar-refractivity contribution in [3.05, 3.63) is 42.0 Å². The number of amides is 1. The van der Waals surface area contributed by atoms with E-state index in [1.165, 1.54) is 0 Å². The number of hydrogen-bond donors (Lipinski definition) is 2. The number of rotatable bonds is 7. The summed E-state index contributed by atoms with van der Waals surface area (Å²) in [4.78, 5) is 22.7. The molecular formula is C15H20N2O3. The number of benzene rings is 1. The molecule has 0 heterocycles. The number of anilines is 1. The standard InChI is InChI=1S/C15H20N2O3/c1-11(2)15(19)20-8-4-7-17-14(18)10-12-5-3-6-13(16)9-12/h3,5-6,9H,1,4,7-8,10,16H2,2H3,(H,17,18). The molecule has 108 valence electrons. The van der Waals surface area contributed by atoms with Gasteiger partial charge in [0.15, 0.2) is 0 Å². The van der Waals surface area contributed by atoms with E-state index in [9.17, 15) is 9.59 Å².